The number of thioether (sulfide) groups is 1. The second kappa shape index (κ2) is 10.2. The van der Waals surface area contributed by atoms with Crippen molar-refractivity contribution in [2.75, 3.05) is 11.9 Å². The van der Waals surface area contributed by atoms with Crippen LogP contribution in [0.15, 0.2) is 54.5 Å². The fourth-order valence-corrected chi connectivity index (χ4v) is 7.42. The highest BCUT2D eigenvalue weighted by Gasteiger charge is 2.30. The van der Waals surface area contributed by atoms with Gasteiger partial charge >= 0.3 is 0 Å². The van der Waals surface area contributed by atoms with Crippen molar-refractivity contribution in [2.24, 2.45) is 18.9 Å². The first-order chi connectivity index (χ1) is 18.0. The first-order valence-corrected chi connectivity index (χ1v) is 14.9. The highest BCUT2D eigenvalue weighted by atomic mass is 32.2. The smallest absolute Gasteiger partial charge is 0.286 e. The molecular weight excluding hydrogens is 474 g/mol. The molecule has 4 heterocycles. The second-order valence-electron chi connectivity index (χ2n) is 11.3. The van der Waals surface area contributed by atoms with Crippen LogP contribution in [0.4, 0.5) is 5.69 Å². The number of nitrogens with one attached hydrogen (secondary N) is 1. The Morgan fingerprint density at radius 3 is 2.84 bits per heavy atom. The molecule has 0 radical (unpaired) electrons. The van der Waals surface area contributed by atoms with Gasteiger partial charge in [-0.3, -0.25) is 0 Å². The molecule has 0 amide bonds. The zero-order valence-electron chi connectivity index (χ0n) is 22.5. The van der Waals surface area contributed by atoms with Crippen molar-refractivity contribution in [1.29, 1.82) is 0 Å². The van der Waals surface area contributed by atoms with Gasteiger partial charge in [-0.25, -0.2) is 4.57 Å². The Morgan fingerprint density at radius 1 is 1.11 bits per heavy atom. The van der Waals surface area contributed by atoms with E-state index in [2.05, 4.69) is 80.2 Å². The predicted octanol–water partition coefficient (Wildman–Crippen LogP) is 6.96. The van der Waals surface area contributed by atoms with E-state index in [-0.39, 0.29) is 0 Å². The molecule has 0 fully saturated rings. The standard InChI is InChI=1S/C32H38N3OS/c1-20-5-6-22(3)34-30-16-25(7-9-27(20)30)24-8-10-32-26(14-24)13-21(2)23(11-12-36-32)15-29-28-17-37-18-31(28)35(4)19-33-29/h6-10,14,16,19-21,23,34H,5,11-13,15,17-18H2,1-4H3/q+1. The number of benzene rings is 2. The highest BCUT2D eigenvalue weighted by Crippen LogP contribution is 2.38. The number of aromatic nitrogens is 2. The molecule has 3 aromatic rings. The van der Waals surface area contributed by atoms with Gasteiger partial charge in [-0.1, -0.05) is 43.1 Å². The highest BCUT2D eigenvalue weighted by molar-refractivity contribution is 7.98. The summed E-state index contributed by atoms with van der Waals surface area (Å²) in [6, 6.07) is 13.7. The summed E-state index contributed by atoms with van der Waals surface area (Å²) in [7, 11) is 2.13. The van der Waals surface area contributed by atoms with Crippen LogP contribution in [-0.2, 0) is 31.4 Å². The Bertz CT molecular complexity index is 1360. The molecule has 192 valence electrons. The Morgan fingerprint density at radius 2 is 1.95 bits per heavy atom. The monoisotopic (exact) mass is 512 g/mol. The van der Waals surface area contributed by atoms with Gasteiger partial charge in [-0.15, -0.1) is 11.8 Å². The van der Waals surface area contributed by atoms with Crippen molar-refractivity contribution in [2.45, 2.75) is 63.9 Å². The Balaban J connectivity index is 1.25. The quantitative estimate of drug-likeness (QED) is 0.385. The summed E-state index contributed by atoms with van der Waals surface area (Å²) < 4.78 is 8.54. The summed E-state index contributed by atoms with van der Waals surface area (Å²) in [5, 5.41) is 3.63. The van der Waals surface area contributed by atoms with E-state index in [0.717, 1.165) is 49.5 Å². The first kappa shape index (κ1) is 24.5. The van der Waals surface area contributed by atoms with Gasteiger partial charge in [0, 0.05) is 23.6 Å². The van der Waals surface area contributed by atoms with Crippen molar-refractivity contribution < 1.29 is 9.30 Å². The maximum absolute atomic E-state index is 6.33. The van der Waals surface area contributed by atoms with E-state index in [0.29, 0.717) is 17.8 Å². The largest absolute Gasteiger partial charge is 0.493 e. The third-order valence-electron chi connectivity index (χ3n) is 8.63. The van der Waals surface area contributed by atoms with Crippen molar-refractivity contribution in [3.8, 4) is 16.9 Å². The molecule has 0 aliphatic carbocycles. The fraction of sp³-hybridized carbons (Fsp3) is 0.438. The number of allylic oxidation sites excluding steroid dienone is 2. The minimum atomic E-state index is 0.525. The van der Waals surface area contributed by atoms with Crippen molar-refractivity contribution in [3.05, 3.63) is 82.6 Å². The molecule has 37 heavy (non-hydrogen) atoms. The van der Waals surface area contributed by atoms with Crippen LogP contribution in [0.2, 0.25) is 0 Å². The molecule has 0 bridgehead atoms. The van der Waals surface area contributed by atoms with Crippen LogP contribution < -0.4 is 14.6 Å². The molecule has 1 aromatic heterocycles. The summed E-state index contributed by atoms with van der Waals surface area (Å²) in [5.41, 5.74) is 12.0. The summed E-state index contributed by atoms with van der Waals surface area (Å²) in [6.07, 6.45) is 8.56. The number of hydrogen-bond acceptors (Lipinski definition) is 4. The van der Waals surface area contributed by atoms with Gasteiger partial charge in [-0.2, -0.15) is 0 Å². The lowest BCUT2D eigenvalue weighted by Gasteiger charge is -2.28. The van der Waals surface area contributed by atoms with E-state index in [1.54, 1.807) is 0 Å². The lowest BCUT2D eigenvalue weighted by atomic mass is 9.81. The molecule has 0 saturated carbocycles. The number of rotatable bonds is 3. The lowest BCUT2D eigenvalue weighted by Crippen LogP contribution is -2.35. The summed E-state index contributed by atoms with van der Waals surface area (Å²) in [6.45, 7) is 7.67. The van der Waals surface area contributed by atoms with Crippen LogP contribution in [0.5, 0.6) is 5.75 Å². The van der Waals surface area contributed by atoms with Crippen LogP contribution in [0.1, 0.15) is 67.6 Å². The SMILES string of the molecule is CC1=CCC(C)c2ccc(-c3ccc4c(c3)CC(C)C(Cc3nc[n+](C)c5c3CSC5)CCO4)cc2N1. The van der Waals surface area contributed by atoms with Gasteiger partial charge in [0.15, 0.2) is 5.69 Å². The maximum atomic E-state index is 6.33. The minimum Gasteiger partial charge on any atom is -0.493 e. The average Bonchev–Trinajstić information content (AvgIpc) is 3.34. The van der Waals surface area contributed by atoms with Crippen LogP contribution >= 0.6 is 11.8 Å². The van der Waals surface area contributed by atoms with Crippen molar-refractivity contribution in [1.82, 2.24) is 4.98 Å². The third kappa shape index (κ3) is 4.90. The zero-order valence-corrected chi connectivity index (χ0v) is 23.3. The lowest BCUT2D eigenvalue weighted by molar-refractivity contribution is -0.681. The molecule has 2 aromatic carbocycles. The second-order valence-corrected chi connectivity index (χ2v) is 12.3. The molecule has 0 spiro atoms. The van der Waals surface area contributed by atoms with E-state index in [1.807, 2.05) is 18.1 Å². The average molecular weight is 513 g/mol. The van der Waals surface area contributed by atoms with Gasteiger partial charge in [0.25, 0.3) is 6.33 Å². The molecule has 3 atom stereocenters. The minimum absolute atomic E-state index is 0.525. The van der Waals surface area contributed by atoms with Gasteiger partial charge < -0.3 is 10.1 Å². The maximum Gasteiger partial charge on any atom is 0.286 e. The molecule has 6 rings (SSSR count). The van der Waals surface area contributed by atoms with Gasteiger partial charge in [0.1, 0.15) is 11.4 Å². The molecule has 0 saturated heterocycles. The number of anilines is 1. The predicted molar refractivity (Wildman–Crippen MR) is 153 cm³/mol. The number of hydrogen-bond donors (Lipinski definition) is 1. The van der Waals surface area contributed by atoms with Crippen LogP contribution in [0.3, 0.4) is 0 Å². The number of aryl methyl sites for hydroxylation is 1. The zero-order chi connectivity index (χ0) is 25.5. The number of nitrogens with zero attached hydrogens (tertiary/aromatic N) is 2. The van der Waals surface area contributed by atoms with Crippen molar-refractivity contribution in [3.63, 3.8) is 0 Å². The van der Waals surface area contributed by atoms with Crippen LogP contribution in [-0.4, -0.2) is 11.6 Å². The fourth-order valence-electron chi connectivity index (χ4n) is 6.21. The topological polar surface area (TPSA) is 38.0 Å². The molecule has 5 heteroatoms. The van der Waals surface area contributed by atoms with E-state index >= 15 is 0 Å². The normalized spacial score (nSPS) is 22.8. The van der Waals surface area contributed by atoms with E-state index in [4.69, 9.17) is 9.72 Å². The molecule has 3 aliphatic rings. The van der Waals surface area contributed by atoms with Gasteiger partial charge in [0.05, 0.1) is 25.0 Å². The first-order valence-electron chi connectivity index (χ1n) is 13.7. The molecular formula is C32H38N3OS+. The summed E-state index contributed by atoms with van der Waals surface area (Å²) in [5.74, 6) is 4.92. The molecule has 1 N–H and O–H groups in total. The Hall–Kier alpha value is -2.79. The third-order valence-corrected chi connectivity index (χ3v) is 9.60. The van der Waals surface area contributed by atoms with E-state index in [9.17, 15) is 0 Å². The summed E-state index contributed by atoms with van der Waals surface area (Å²) >= 11 is 2.01. The molecule has 4 nitrogen and oxygen atoms in total. The van der Waals surface area contributed by atoms with Crippen LogP contribution in [0, 0.1) is 11.8 Å². The Labute approximate surface area is 225 Å². The van der Waals surface area contributed by atoms with Crippen molar-refractivity contribution >= 4 is 17.4 Å². The Kier molecular flexibility index (Phi) is 6.74. The van der Waals surface area contributed by atoms with Crippen LogP contribution in [0.25, 0.3) is 11.1 Å². The van der Waals surface area contributed by atoms with Gasteiger partial charge in [-0.05, 0) is 84.4 Å². The number of fused-ring (bicyclic) bond motifs is 3. The van der Waals surface area contributed by atoms with E-state index < -0.39 is 0 Å². The van der Waals surface area contributed by atoms with Gasteiger partial charge in [0.2, 0.25) is 0 Å². The molecule has 3 aliphatic heterocycles. The summed E-state index contributed by atoms with van der Waals surface area (Å²) in [4.78, 5) is 4.88. The van der Waals surface area contributed by atoms with E-state index in [1.165, 1.54) is 50.6 Å². The number of ether oxygens (including phenoxy) is 1. The molecule has 3 unspecified atom stereocenters.